The summed E-state index contributed by atoms with van der Waals surface area (Å²) in [5.74, 6) is -0.0326. The van der Waals surface area contributed by atoms with Crippen molar-refractivity contribution in [1.29, 1.82) is 0 Å². The molecule has 6 heteroatoms. The van der Waals surface area contributed by atoms with Crippen LogP contribution in [0.3, 0.4) is 0 Å². The summed E-state index contributed by atoms with van der Waals surface area (Å²) >= 11 is 0. The van der Waals surface area contributed by atoms with E-state index < -0.39 is 12.1 Å². The summed E-state index contributed by atoms with van der Waals surface area (Å²) in [6.07, 6.45) is 74.7. The molecule has 0 saturated carbocycles. The number of amides is 1. The number of unbranched alkanes of at least 4 members (excludes halogenated alkanes) is 41. The topological polar surface area (TPSA) is 95.9 Å². The quantitative estimate of drug-likeness (QED) is 0.0321. The Morgan fingerprint density at radius 2 is 0.743 bits per heavy atom. The van der Waals surface area contributed by atoms with E-state index in [9.17, 15) is 19.8 Å². The van der Waals surface area contributed by atoms with Crippen LogP contribution in [0.1, 0.15) is 335 Å². The summed E-state index contributed by atoms with van der Waals surface area (Å²) in [5.41, 5.74) is 0. The molecule has 0 fully saturated rings. The van der Waals surface area contributed by atoms with E-state index in [1.54, 1.807) is 0 Å². The van der Waals surface area contributed by atoms with Crippen molar-refractivity contribution in [3.05, 3.63) is 36.5 Å². The monoisotopic (exact) mass is 984 g/mol. The Hall–Kier alpha value is -1.92. The van der Waals surface area contributed by atoms with Crippen molar-refractivity contribution in [3.8, 4) is 0 Å². The Morgan fingerprint density at radius 3 is 1.16 bits per heavy atom. The van der Waals surface area contributed by atoms with Gasteiger partial charge in [0.05, 0.1) is 25.4 Å². The van der Waals surface area contributed by atoms with Gasteiger partial charge in [0.25, 0.3) is 0 Å². The minimum Gasteiger partial charge on any atom is -0.466 e. The molecule has 0 aromatic carbocycles. The van der Waals surface area contributed by atoms with Crippen LogP contribution < -0.4 is 5.32 Å². The zero-order chi connectivity index (χ0) is 50.7. The van der Waals surface area contributed by atoms with E-state index in [0.29, 0.717) is 25.9 Å². The van der Waals surface area contributed by atoms with Crippen LogP contribution in [0.2, 0.25) is 0 Å². The summed E-state index contributed by atoms with van der Waals surface area (Å²) in [7, 11) is 0. The second kappa shape index (κ2) is 59.6. The Labute approximate surface area is 436 Å². The Kier molecular flexibility index (Phi) is 58.0. The van der Waals surface area contributed by atoms with E-state index in [1.807, 2.05) is 0 Å². The largest absolute Gasteiger partial charge is 0.466 e. The molecule has 2 atom stereocenters. The number of hydrogen-bond acceptors (Lipinski definition) is 5. The molecule has 0 aromatic rings. The molecule has 6 nitrogen and oxygen atoms in total. The van der Waals surface area contributed by atoms with Crippen LogP contribution in [0.4, 0.5) is 0 Å². The first-order chi connectivity index (χ1) is 34.5. The van der Waals surface area contributed by atoms with Gasteiger partial charge in [0.15, 0.2) is 0 Å². The molecule has 3 N–H and O–H groups in total. The predicted octanol–water partition coefficient (Wildman–Crippen LogP) is 19.6. The van der Waals surface area contributed by atoms with Crippen molar-refractivity contribution in [2.24, 2.45) is 0 Å². The number of allylic oxidation sites excluding steroid dienone is 6. The van der Waals surface area contributed by atoms with Gasteiger partial charge in [0.1, 0.15) is 0 Å². The van der Waals surface area contributed by atoms with E-state index in [2.05, 4.69) is 55.6 Å². The van der Waals surface area contributed by atoms with E-state index >= 15 is 0 Å². The molecule has 0 heterocycles. The lowest BCUT2D eigenvalue weighted by molar-refractivity contribution is -0.143. The predicted molar refractivity (Wildman–Crippen MR) is 306 cm³/mol. The molecule has 0 aliphatic carbocycles. The number of nitrogens with one attached hydrogen (secondary N) is 1. The summed E-state index contributed by atoms with van der Waals surface area (Å²) in [5, 5.41) is 23.1. The van der Waals surface area contributed by atoms with Gasteiger partial charge >= 0.3 is 5.97 Å². The average Bonchev–Trinajstić information content (AvgIpc) is 3.36. The molecule has 0 aromatic heterocycles. The van der Waals surface area contributed by atoms with Gasteiger partial charge in [-0.15, -0.1) is 0 Å². The van der Waals surface area contributed by atoms with Gasteiger partial charge in [0, 0.05) is 12.8 Å². The van der Waals surface area contributed by atoms with Gasteiger partial charge < -0.3 is 20.3 Å². The second-order valence-electron chi connectivity index (χ2n) is 21.4. The number of hydrogen-bond donors (Lipinski definition) is 3. The molecule has 0 spiro atoms. The molecule has 0 saturated heterocycles. The first-order valence-corrected chi connectivity index (χ1v) is 31.2. The van der Waals surface area contributed by atoms with E-state index in [1.165, 1.54) is 250 Å². The van der Waals surface area contributed by atoms with Crippen LogP contribution in [0.5, 0.6) is 0 Å². The first kappa shape index (κ1) is 68.1. The van der Waals surface area contributed by atoms with Gasteiger partial charge in [0.2, 0.25) is 5.91 Å². The minimum absolute atomic E-state index is 0.00205. The number of aliphatic hydroxyl groups is 2. The Morgan fingerprint density at radius 1 is 0.400 bits per heavy atom. The lowest BCUT2D eigenvalue weighted by Gasteiger charge is -2.22. The van der Waals surface area contributed by atoms with Crippen LogP contribution in [-0.4, -0.2) is 47.4 Å². The van der Waals surface area contributed by atoms with Crippen molar-refractivity contribution in [2.45, 2.75) is 347 Å². The Bertz CT molecular complexity index is 1130. The van der Waals surface area contributed by atoms with Crippen LogP contribution in [0, 0.1) is 0 Å². The number of carbonyl (C=O) groups is 2. The molecule has 1 amide bonds. The van der Waals surface area contributed by atoms with Crippen LogP contribution in [0.25, 0.3) is 0 Å². The van der Waals surface area contributed by atoms with Gasteiger partial charge in [-0.3, -0.25) is 9.59 Å². The van der Waals surface area contributed by atoms with Crippen molar-refractivity contribution in [3.63, 3.8) is 0 Å². The lowest BCUT2D eigenvalue weighted by Crippen LogP contribution is -2.45. The summed E-state index contributed by atoms with van der Waals surface area (Å²) in [4.78, 5) is 24.4. The lowest BCUT2D eigenvalue weighted by atomic mass is 10.0. The number of ether oxygens (including phenoxy) is 1. The third kappa shape index (κ3) is 55.4. The third-order valence-electron chi connectivity index (χ3n) is 14.4. The smallest absolute Gasteiger partial charge is 0.305 e. The number of rotatable bonds is 58. The molecule has 0 aliphatic rings. The first-order valence-electron chi connectivity index (χ1n) is 31.2. The van der Waals surface area contributed by atoms with Crippen molar-refractivity contribution in [1.82, 2.24) is 5.32 Å². The highest BCUT2D eigenvalue weighted by molar-refractivity contribution is 5.76. The maximum atomic E-state index is 12.4. The number of esters is 1. The summed E-state index contributed by atoms with van der Waals surface area (Å²) < 4.78 is 5.47. The zero-order valence-corrected chi connectivity index (χ0v) is 47.0. The molecule has 70 heavy (non-hydrogen) atoms. The zero-order valence-electron chi connectivity index (χ0n) is 47.0. The molecular weight excluding hydrogens is 863 g/mol. The van der Waals surface area contributed by atoms with Gasteiger partial charge in [-0.2, -0.15) is 0 Å². The molecule has 2 unspecified atom stereocenters. The fraction of sp³-hybridized carbons (Fsp3) is 0.875. The van der Waals surface area contributed by atoms with Crippen LogP contribution in [0.15, 0.2) is 36.5 Å². The van der Waals surface area contributed by atoms with Crippen molar-refractivity contribution < 1.29 is 24.5 Å². The van der Waals surface area contributed by atoms with Gasteiger partial charge in [-0.05, 0) is 77.0 Å². The summed E-state index contributed by atoms with van der Waals surface area (Å²) in [6, 6.07) is -0.537. The molecular formula is C64H121NO5. The Balaban J connectivity index is 3.33. The molecule has 0 aliphatic heterocycles. The SMILES string of the molecule is CCC/C=C\C/C=C\CCCCCCCC(=O)OCCCCCCCCCCCCCC/C=C\CCCCCCCCCCCCCCCCCC(=O)NC(CO)C(O)CCCCCCCCCCC. The van der Waals surface area contributed by atoms with Gasteiger partial charge in [-0.1, -0.05) is 281 Å². The maximum absolute atomic E-state index is 12.4. The number of aliphatic hydroxyl groups excluding tert-OH is 2. The third-order valence-corrected chi connectivity index (χ3v) is 14.4. The fourth-order valence-electron chi connectivity index (χ4n) is 9.61. The van der Waals surface area contributed by atoms with E-state index in [4.69, 9.17) is 4.74 Å². The molecule has 0 radical (unpaired) electrons. The molecule has 0 rings (SSSR count). The van der Waals surface area contributed by atoms with Gasteiger partial charge in [-0.25, -0.2) is 0 Å². The van der Waals surface area contributed by atoms with E-state index in [-0.39, 0.29) is 18.5 Å². The van der Waals surface area contributed by atoms with Crippen molar-refractivity contribution in [2.75, 3.05) is 13.2 Å². The van der Waals surface area contributed by atoms with Crippen molar-refractivity contribution >= 4 is 11.9 Å². The highest BCUT2D eigenvalue weighted by Crippen LogP contribution is 2.17. The van der Waals surface area contributed by atoms with E-state index in [0.717, 1.165) is 51.4 Å². The highest BCUT2D eigenvalue weighted by atomic mass is 16.5. The second-order valence-corrected chi connectivity index (χ2v) is 21.4. The summed E-state index contributed by atoms with van der Waals surface area (Å²) in [6.45, 7) is 4.87. The number of carbonyl (C=O) groups excluding carboxylic acids is 2. The highest BCUT2D eigenvalue weighted by Gasteiger charge is 2.20. The average molecular weight is 985 g/mol. The standard InChI is InChI=1S/C64H121NO5/c1-3-5-7-9-11-13-14-34-38-42-46-50-54-58-64(69)70-59-55-51-47-43-39-36-33-31-29-27-25-23-21-19-17-15-16-18-20-22-24-26-28-30-32-35-37-41-45-49-53-57-63(68)65-61(60-66)62(67)56-52-48-44-40-12-10-8-6-4-2/h7,9,13-14,17,19,61-62,66-67H,3-6,8,10-12,15-16,18,20-60H2,1-2H3,(H,65,68)/b9-7-,14-13-,19-17-. The van der Waals surface area contributed by atoms with Crippen LogP contribution >= 0.6 is 0 Å². The fourth-order valence-corrected chi connectivity index (χ4v) is 9.61. The van der Waals surface area contributed by atoms with Crippen LogP contribution in [-0.2, 0) is 14.3 Å². The molecule has 0 bridgehead atoms. The maximum Gasteiger partial charge on any atom is 0.305 e. The normalized spacial score (nSPS) is 12.8. The molecule has 412 valence electrons. The minimum atomic E-state index is -0.660.